The molecule has 0 saturated heterocycles. The van der Waals surface area contributed by atoms with Crippen molar-refractivity contribution in [2.75, 3.05) is 33.8 Å². The lowest BCUT2D eigenvalue weighted by Gasteiger charge is -2.24. The maximum absolute atomic E-state index is 5.81. The summed E-state index contributed by atoms with van der Waals surface area (Å²) in [7, 11) is 4.12. The minimum Gasteiger partial charge on any atom is -0.489 e. The van der Waals surface area contributed by atoms with E-state index in [1.54, 1.807) is 6.26 Å². The Balaban J connectivity index is 1.60. The van der Waals surface area contributed by atoms with E-state index in [2.05, 4.69) is 52.4 Å². The number of ether oxygens (including phenoxy) is 1. The number of benzene rings is 1. The number of likely N-dealkylation sites (N-methyl/N-ethyl adjacent to an activating group) is 1. The third kappa shape index (κ3) is 4.05. The van der Waals surface area contributed by atoms with Gasteiger partial charge in [0.15, 0.2) is 0 Å². The summed E-state index contributed by atoms with van der Waals surface area (Å²) < 4.78 is 12.4. The number of furan rings is 1. The van der Waals surface area contributed by atoms with E-state index in [4.69, 9.17) is 9.15 Å². The van der Waals surface area contributed by atoms with Gasteiger partial charge in [-0.25, -0.2) is 0 Å². The van der Waals surface area contributed by atoms with Crippen molar-refractivity contribution in [3.63, 3.8) is 0 Å². The van der Waals surface area contributed by atoms with Crippen LogP contribution in [0.5, 0.6) is 5.75 Å². The summed E-state index contributed by atoms with van der Waals surface area (Å²) in [5, 5.41) is 3.51. The first-order valence-electron chi connectivity index (χ1n) is 7.66. The zero-order valence-corrected chi connectivity index (χ0v) is 15.0. The van der Waals surface area contributed by atoms with E-state index >= 15 is 0 Å². The van der Waals surface area contributed by atoms with Gasteiger partial charge in [0.2, 0.25) is 0 Å². The number of halogens is 1. The van der Waals surface area contributed by atoms with E-state index < -0.39 is 0 Å². The van der Waals surface area contributed by atoms with E-state index in [1.165, 1.54) is 5.57 Å². The largest absolute Gasteiger partial charge is 0.489 e. The van der Waals surface area contributed by atoms with Crippen molar-refractivity contribution in [1.82, 2.24) is 10.2 Å². The van der Waals surface area contributed by atoms with E-state index in [-0.39, 0.29) is 6.04 Å². The maximum Gasteiger partial charge on any atom is 0.127 e. The third-order valence-corrected chi connectivity index (χ3v) is 4.42. The van der Waals surface area contributed by atoms with Gasteiger partial charge in [0, 0.05) is 23.1 Å². The number of nitrogens with zero attached hydrogens (tertiary/aromatic N) is 1. The molecule has 1 atom stereocenters. The highest BCUT2D eigenvalue weighted by Crippen LogP contribution is 2.29. The fourth-order valence-corrected chi connectivity index (χ4v) is 3.06. The lowest BCUT2D eigenvalue weighted by molar-refractivity contribution is 0.251. The smallest absolute Gasteiger partial charge is 0.127 e. The Labute approximate surface area is 145 Å². The van der Waals surface area contributed by atoms with Crippen LogP contribution in [0.4, 0.5) is 0 Å². The van der Waals surface area contributed by atoms with Crippen molar-refractivity contribution >= 4 is 22.0 Å². The highest BCUT2D eigenvalue weighted by Gasteiger charge is 2.17. The van der Waals surface area contributed by atoms with Crippen molar-refractivity contribution in [3.05, 3.63) is 58.0 Å². The molecule has 0 bridgehead atoms. The summed E-state index contributed by atoms with van der Waals surface area (Å²) in [5.41, 5.74) is 2.37. The molecule has 0 saturated carbocycles. The average molecular weight is 377 g/mol. The molecule has 0 fully saturated rings. The number of hydrogen-bond acceptors (Lipinski definition) is 4. The summed E-state index contributed by atoms with van der Waals surface area (Å²) in [5.74, 6) is 1.92. The van der Waals surface area contributed by atoms with Crippen molar-refractivity contribution < 1.29 is 9.15 Å². The summed E-state index contributed by atoms with van der Waals surface area (Å²) >= 11 is 3.50. The molecular formula is C18H21BrN2O2. The molecule has 1 unspecified atom stereocenters. The van der Waals surface area contributed by atoms with Crippen molar-refractivity contribution in [3.8, 4) is 5.75 Å². The number of fused-ring (bicyclic) bond motifs is 1. The molecule has 0 radical (unpaired) electrons. The molecule has 5 heteroatoms. The molecule has 1 N–H and O–H groups in total. The Morgan fingerprint density at radius 1 is 1.30 bits per heavy atom. The standard InChI is InChI=1S/C18H21BrN2O2/c1-21(2)16(18-4-3-7-22-18)11-20-10-13-8-14-9-15(19)5-6-17(14)23-12-13/h3-9,16,20H,10-12H2,1-2H3. The first-order chi connectivity index (χ1) is 11.1. The molecule has 23 heavy (non-hydrogen) atoms. The molecule has 1 aromatic carbocycles. The van der Waals surface area contributed by atoms with Crippen LogP contribution in [-0.2, 0) is 0 Å². The monoisotopic (exact) mass is 376 g/mol. The van der Waals surface area contributed by atoms with Crippen LogP contribution >= 0.6 is 15.9 Å². The number of hydrogen-bond donors (Lipinski definition) is 1. The molecule has 1 aromatic heterocycles. The predicted octanol–water partition coefficient (Wildman–Crippen LogP) is 3.71. The fourth-order valence-electron chi connectivity index (χ4n) is 2.69. The van der Waals surface area contributed by atoms with Crippen molar-refractivity contribution in [1.29, 1.82) is 0 Å². The second kappa shape index (κ2) is 7.34. The summed E-state index contributed by atoms with van der Waals surface area (Å²) in [4.78, 5) is 2.16. The summed E-state index contributed by atoms with van der Waals surface area (Å²) in [6.07, 6.45) is 3.92. The van der Waals surface area contributed by atoms with Gasteiger partial charge in [0.1, 0.15) is 18.1 Å². The van der Waals surface area contributed by atoms with Gasteiger partial charge in [0.25, 0.3) is 0 Å². The van der Waals surface area contributed by atoms with Gasteiger partial charge in [-0.15, -0.1) is 0 Å². The lowest BCUT2D eigenvalue weighted by Crippen LogP contribution is -2.32. The highest BCUT2D eigenvalue weighted by atomic mass is 79.9. The predicted molar refractivity (Wildman–Crippen MR) is 95.6 cm³/mol. The average Bonchev–Trinajstić information content (AvgIpc) is 3.04. The van der Waals surface area contributed by atoms with Crippen LogP contribution < -0.4 is 10.1 Å². The Hall–Kier alpha value is -1.56. The van der Waals surface area contributed by atoms with Gasteiger partial charge in [-0.05, 0) is 56.1 Å². The molecule has 2 aromatic rings. The zero-order chi connectivity index (χ0) is 16.2. The van der Waals surface area contributed by atoms with E-state index in [0.29, 0.717) is 6.61 Å². The minimum atomic E-state index is 0.219. The second-order valence-electron chi connectivity index (χ2n) is 5.90. The van der Waals surface area contributed by atoms with Crippen molar-refractivity contribution in [2.45, 2.75) is 6.04 Å². The fraction of sp³-hybridized carbons (Fsp3) is 0.333. The molecule has 0 aliphatic carbocycles. The first kappa shape index (κ1) is 16.3. The van der Waals surface area contributed by atoms with E-state index in [1.807, 2.05) is 24.3 Å². The molecule has 3 rings (SSSR count). The molecule has 0 spiro atoms. The zero-order valence-electron chi connectivity index (χ0n) is 13.4. The van der Waals surface area contributed by atoms with E-state index in [0.717, 1.165) is 34.6 Å². The minimum absolute atomic E-state index is 0.219. The quantitative estimate of drug-likeness (QED) is 0.833. The van der Waals surface area contributed by atoms with Gasteiger partial charge < -0.3 is 14.5 Å². The first-order valence-corrected chi connectivity index (χ1v) is 8.45. The van der Waals surface area contributed by atoms with Crippen LogP contribution in [0.3, 0.4) is 0 Å². The number of rotatable bonds is 6. The molecule has 2 heterocycles. The van der Waals surface area contributed by atoms with Gasteiger partial charge in [-0.3, -0.25) is 4.90 Å². The normalized spacial score (nSPS) is 15.0. The molecular weight excluding hydrogens is 356 g/mol. The molecule has 0 amide bonds. The second-order valence-corrected chi connectivity index (χ2v) is 6.81. The van der Waals surface area contributed by atoms with Crippen LogP contribution in [0.2, 0.25) is 0 Å². The van der Waals surface area contributed by atoms with Crippen molar-refractivity contribution in [2.24, 2.45) is 0 Å². The molecule has 1 aliphatic rings. The Morgan fingerprint density at radius 3 is 2.91 bits per heavy atom. The van der Waals surface area contributed by atoms with Crippen LogP contribution in [0.25, 0.3) is 6.08 Å². The number of nitrogens with one attached hydrogen (secondary N) is 1. The summed E-state index contributed by atoms with van der Waals surface area (Å²) in [6.45, 7) is 2.26. The van der Waals surface area contributed by atoms with Crippen LogP contribution in [-0.4, -0.2) is 38.7 Å². The Morgan fingerprint density at radius 2 is 2.17 bits per heavy atom. The molecule has 4 nitrogen and oxygen atoms in total. The van der Waals surface area contributed by atoms with Crippen LogP contribution in [0, 0.1) is 0 Å². The molecule has 1 aliphatic heterocycles. The molecule has 122 valence electrons. The SMILES string of the molecule is CN(C)C(CNCC1=Cc2cc(Br)ccc2OC1)c1ccco1. The Kier molecular flexibility index (Phi) is 5.20. The van der Waals surface area contributed by atoms with Gasteiger partial charge in [0.05, 0.1) is 12.3 Å². The van der Waals surface area contributed by atoms with Gasteiger partial charge in [-0.1, -0.05) is 15.9 Å². The van der Waals surface area contributed by atoms with Crippen LogP contribution in [0.15, 0.2) is 51.1 Å². The lowest BCUT2D eigenvalue weighted by atomic mass is 10.1. The van der Waals surface area contributed by atoms with Gasteiger partial charge >= 0.3 is 0 Å². The van der Waals surface area contributed by atoms with Crippen LogP contribution in [0.1, 0.15) is 17.4 Å². The Bertz CT molecular complexity index is 680. The topological polar surface area (TPSA) is 37.6 Å². The maximum atomic E-state index is 5.81. The third-order valence-electron chi connectivity index (χ3n) is 3.93. The van der Waals surface area contributed by atoms with Gasteiger partial charge in [-0.2, -0.15) is 0 Å². The highest BCUT2D eigenvalue weighted by molar-refractivity contribution is 9.10. The van der Waals surface area contributed by atoms with E-state index in [9.17, 15) is 0 Å². The summed E-state index contributed by atoms with van der Waals surface area (Å²) in [6, 6.07) is 10.2.